The van der Waals surface area contributed by atoms with Crippen molar-refractivity contribution in [1.29, 1.82) is 0 Å². The molecule has 8 aromatic heterocycles. The number of fused-ring (bicyclic) bond motifs is 4. The molecule has 0 atom stereocenters. The van der Waals surface area contributed by atoms with Gasteiger partial charge in [-0.15, -0.1) is 0 Å². The van der Waals surface area contributed by atoms with Crippen molar-refractivity contribution in [2.24, 2.45) is 56.4 Å². The number of carbonyl (C=O) groups is 2. The van der Waals surface area contributed by atoms with Crippen LogP contribution in [0.15, 0.2) is 63.7 Å². The summed E-state index contributed by atoms with van der Waals surface area (Å²) in [6, 6.07) is 0. The van der Waals surface area contributed by atoms with Crippen LogP contribution in [-0.2, 0) is 95.1 Å². The van der Waals surface area contributed by atoms with E-state index in [1.54, 1.807) is 101 Å². The predicted molar refractivity (Wildman–Crippen MR) is 368 cm³/mol. The summed E-state index contributed by atoms with van der Waals surface area (Å²) in [5.41, 5.74) is -0.906. The van der Waals surface area contributed by atoms with Gasteiger partial charge in [-0.1, -0.05) is 43.6 Å². The van der Waals surface area contributed by atoms with E-state index in [4.69, 9.17) is 9.47 Å². The zero-order valence-corrected chi connectivity index (χ0v) is 62.6. The Bertz CT molecular complexity index is 4110. The fraction of sp³-hybridized carbons (Fsp3) is 0.629. The van der Waals surface area contributed by atoms with Crippen LogP contribution in [0, 0.1) is 6.92 Å². The van der Waals surface area contributed by atoms with Crippen LogP contribution in [0.1, 0.15) is 151 Å². The maximum Gasteiger partial charge on any atom is 2.00 e. The number of halogens is 2. The number of ether oxygens (including phenoxy) is 2. The van der Waals surface area contributed by atoms with Crippen LogP contribution in [0.3, 0.4) is 0 Å². The fourth-order valence-electron chi connectivity index (χ4n) is 10.1. The average Bonchev–Trinajstić information content (AvgIpc) is 1.77. The number of hydrogen-bond donors (Lipinski definition) is 3. The summed E-state index contributed by atoms with van der Waals surface area (Å²) >= 11 is 3.29. The van der Waals surface area contributed by atoms with Crippen molar-refractivity contribution in [2.45, 2.75) is 182 Å². The van der Waals surface area contributed by atoms with Gasteiger partial charge < -0.3 is 61.9 Å². The van der Waals surface area contributed by atoms with Crippen LogP contribution in [-0.4, -0.2) is 150 Å². The molecule has 0 aliphatic carbocycles. The van der Waals surface area contributed by atoms with E-state index in [1.807, 2.05) is 34.6 Å². The molecule has 0 radical (unpaired) electrons. The molecule has 0 aromatic carbocycles. The van der Waals surface area contributed by atoms with Crippen molar-refractivity contribution in [2.75, 3.05) is 18.5 Å². The average molecular weight is 1480 g/mol. The first-order valence-electron chi connectivity index (χ1n) is 31.5. The van der Waals surface area contributed by atoms with Gasteiger partial charge in [-0.25, -0.2) is 39.1 Å². The monoisotopic (exact) mass is 1470 g/mol. The molecular formula is C62H98Br2MgN16O14. The molecular weight excluding hydrogens is 1380 g/mol. The van der Waals surface area contributed by atoms with Gasteiger partial charge in [0.2, 0.25) is 0 Å². The number of carbonyl (C=O) groups excluding carboxylic acids is 2. The molecule has 0 fully saturated rings. The molecule has 0 spiro atoms. The topological polar surface area (TPSA) is 351 Å². The number of H-pyrrole nitrogens is 1. The minimum atomic E-state index is -0.637. The third-order valence-electron chi connectivity index (χ3n) is 16.1. The molecule has 95 heavy (non-hydrogen) atoms. The van der Waals surface area contributed by atoms with E-state index in [2.05, 4.69) is 47.8 Å². The second-order valence-corrected chi connectivity index (χ2v) is 23.1. The molecule has 8 heterocycles. The number of hydrogen-bond acceptors (Lipinski definition) is 18. The molecule has 33 heteroatoms. The number of nitrogens with one attached hydrogen (secondary N) is 1. The van der Waals surface area contributed by atoms with Crippen LogP contribution in [0.2, 0.25) is 0 Å². The summed E-state index contributed by atoms with van der Waals surface area (Å²) in [5, 5.41) is 21.5. The van der Waals surface area contributed by atoms with Gasteiger partial charge >= 0.3 is 57.8 Å². The van der Waals surface area contributed by atoms with Gasteiger partial charge in [0.05, 0.1) is 49.7 Å². The summed E-state index contributed by atoms with van der Waals surface area (Å²) < 4.78 is 25.2. The molecule has 8 rings (SSSR count). The maximum absolute atomic E-state index is 12.5. The molecule has 0 bridgehead atoms. The minimum Gasteiger partial charge on any atom is -1.00 e. The minimum absolute atomic E-state index is 0. The SMILES string of the molecule is CCC(O)(CC)CCCCn1c(=O)c2c(ncn2C)n(C)c1=O.CCC(O)(CC)CCCCn1c(=O)c2c(ncn2C)n(C)c1=O.CCOC(=O)CCCCBr.CCOC(=O)CCCCn1c(=O)c2c(ncn2C)n(C)c1=O.Cn1cnc2c1c(=O)[nH]c(=O)n2C.[Br-].[CH2-]C.[Mg+2]. The summed E-state index contributed by atoms with van der Waals surface area (Å²) in [6.07, 6.45) is 17.2. The van der Waals surface area contributed by atoms with Crippen LogP contribution in [0.4, 0.5) is 0 Å². The third kappa shape index (κ3) is 22.6. The van der Waals surface area contributed by atoms with Crippen molar-refractivity contribution < 1.29 is 46.3 Å². The number of nitrogens with zero attached hydrogens (tertiary/aromatic N) is 15. The summed E-state index contributed by atoms with van der Waals surface area (Å²) in [5.74, 6) is -0.340. The van der Waals surface area contributed by atoms with E-state index in [0.717, 1.165) is 31.0 Å². The van der Waals surface area contributed by atoms with Crippen LogP contribution < -0.4 is 62.0 Å². The van der Waals surface area contributed by atoms with Crippen molar-refractivity contribution in [3.05, 3.63) is 116 Å². The van der Waals surface area contributed by atoms with Gasteiger partial charge in [-0.05, 0) is 104 Å². The van der Waals surface area contributed by atoms with Crippen molar-refractivity contribution >= 4 is 95.6 Å². The fourth-order valence-corrected chi connectivity index (χ4v) is 10.5. The number of aromatic nitrogens is 16. The van der Waals surface area contributed by atoms with Gasteiger partial charge in [-0.2, -0.15) is 6.92 Å². The number of unbranched alkanes of at least 4 members (excludes halogenated alkanes) is 4. The normalized spacial score (nSPS) is 11.0. The first kappa shape index (κ1) is 86.2. The zero-order valence-electron chi connectivity index (χ0n) is 58.0. The number of imidazole rings is 4. The third-order valence-corrected chi connectivity index (χ3v) is 16.7. The first-order chi connectivity index (χ1) is 44.1. The zero-order chi connectivity index (χ0) is 70.1. The molecule has 0 aliphatic heterocycles. The Labute approximate surface area is 586 Å². The molecule has 8 aromatic rings. The number of aryl methyl sites for hydroxylation is 8. The molecule has 0 aliphatic rings. The number of aliphatic hydroxyl groups is 2. The quantitative estimate of drug-likeness (QED) is 0.0236. The summed E-state index contributed by atoms with van der Waals surface area (Å²) in [4.78, 5) is 137. The Morgan fingerprint density at radius 1 is 0.474 bits per heavy atom. The van der Waals surface area contributed by atoms with E-state index in [0.29, 0.717) is 142 Å². The second kappa shape index (κ2) is 41.3. The Hall–Kier alpha value is -6.81. The van der Waals surface area contributed by atoms with Crippen molar-refractivity contribution in [3.8, 4) is 0 Å². The van der Waals surface area contributed by atoms with Crippen molar-refractivity contribution in [1.82, 2.24) is 75.2 Å². The largest absolute Gasteiger partial charge is 2.00 e. The molecule has 526 valence electrons. The summed E-state index contributed by atoms with van der Waals surface area (Å²) in [7, 11) is 13.3. The Morgan fingerprint density at radius 3 is 1.05 bits per heavy atom. The molecule has 0 unspecified atom stereocenters. The maximum atomic E-state index is 12.5. The molecule has 3 N–H and O–H groups in total. The number of esters is 2. The predicted octanol–water partition coefficient (Wildman–Crippen LogP) is 1.02. The first-order valence-corrected chi connectivity index (χ1v) is 32.7. The number of rotatable bonds is 25. The number of aromatic amines is 1. The molecule has 0 amide bonds. The van der Waals surface area contributed by atoms with Gasteiger partial charge in [0.15, 0.2) is 44.7 Å². The van der Waals surface area contributed by atoms with Gasteiger partial charge in [-0.3, -0.25) is 65.7 Å². The molecule has 30 nitrogen and oxygen atoms in total. The Morgan fingerprint density at radius 2 is 0.758 bits per heavy atom. The Balaban J connectivity index is 0.000000603. The van der Waals surface area contributed by atoms with E-state index in [-0.39, 0.29) is 93.0 Å². The molecule has 0 saturated carbocycles. The van der Waals surface area contributed by atoms with Gasteiger partial charge in [0.1, 0.15) is 0 Å². The van der Waals surface area contributed by atoms with Gasteiger partial charge in [0, 0.05) is 94.2 Å². The smallest absolute Gasteiger partial charge is 1.00 e. The van der Waals surface area contributed by atoms with Crippen LogP contribution >= 0.6 is 15.9 Å². The van der Waals surface area contributed by atoms with Gasteiger partial charge in [0.25, 0.3) is 22.2 Å². The Kier molecular flexibility index (Phi) is 37.5. The number of alkyl halides is 1. The molecule has 0 saturated heterocycles. The second-order valence-electron chi connectivity index (χ2n) is 22.3. The summed E-state index contributed by atoms with van der Waals surface area (Å²) in [6.45, 7) is 18.3. The standard InChI is InChI=1S/2C16H26N4O3.C14H20N4O4.C7H13BrO2.C7H8N4O2.C2H5.BrH.Mg/c2*1-5-16(23,6-2)9-7-8-10-20-14(21)12-13(17-11-18(12)3)19(4)15(20)22;1-4-22-10(19)7-5-6-8-18-13(20)11-12(15-9-16(11)2)17(3)14(18)21;1-2-10-7(9)5-3-4-6-8;1-10-3-8-5-4(10)6(12)9-7(13)11(5)2;1-2;;/h2*11,23H,5-10H2,1-4H3;9H,4-8H2,1-3H3;2-6H2,1H3;3H,1-2H3,(H,9,12,13);1H2,2H3;1H;/q;;;;;-1;;+2/p-1. The van der Waals surface area contributed by atoms with E-state index in [9.17, 15) is 58.2 Å². The van der Waals surface area contributed by atoms with Crippen LogP contribution in [0.5, 0.6) is 0 Å². The van der Waals surface area contributed by atoms with E-state index < -0.39 is 28.1 Å². The van der Waals surface area contributed by atoms with E-state index >= 15 is 0 Å². The van der Waals surface area contributed by atoms with Crippen molar-refractivity contribution in [3.63, 3.8) is 0 Å². The van der Waals surface area contributed by atoms with Crippen LogP contribution in [0.25, 0.3) is 44.7 Å². The van der Waals surface area contributed by atoms with E-state index in [1.165, 1.54) is 44.6 Å².